The Morgan fingerprint density at radius 1 is 1.18 bits per heavy atom. The number of aryl methyl sites for hydroxylation is 1. The number of aromatic nitrogens is 3. The van der Waals surface area contributed by atoms with Gasteiger partial charge in [0.15, 0.2) is 0 Å². The Morgan fingerprint density at radius 2 is 1.94 bits per heavy atom. The lowest BCUT2D eigenvalue weighted by atomic mass is 9.94. The quantitative estimate of drug-likeness (QED) is 0.476. The molecule has 5 rings (SSSR count). The van der Waals surface area contributed by atoms with Crippen LogP contribution in [0.2, 0.25) is 0 Å². The molecule has 0 atom stereocenters. The molecule has 1 aromatic carbocycles. The predicted octanol–water partition coefficient (Wildman–Crippen LogP) is 5.20. The molecule has 1 amide bonds. The molecule has 0 bridgehead atoms. The van der Waals surface area contributed by atoms with Crippen LogP contribution in [0.4, 0.5) is 0 Å². The number of H-pyrrole nitrogens is 1. The lowest BCUT2D eigenvalue weighted by Gasteiger charge is -2.26. The van der Waals surface area contributed by atoms with Crippen molar-refractivity contribution in [1.82, 2.24) is 20.3 Å². The Balaban J connectivity index is 1.29. The van der Waals surface area contributed by atoms with Crippen LogP contribution in [0.25, 0.3) is 11.3 Å². The second-order valence-electron chi connectivity index (χ2n) is 10.2. The summed E-state index contributed by atoms with van der Waals surface area (Å²) in [5.74, 6) is 1.38. The van der Waals surface area contributed by atoms with Gasteiger partial charge in [-0.05, 0) is 76.0 Å². The van der Waals surface area contributed by atoms with E-state index in [0.29, 0.717) is 36.4 Å². The van der Waals surface area contributed by atoms with Gasteiger partial charge in [-0.25, -0.2) is 4.98 Å². The number of nitrogens with one attached hydrogen (secondary N) is 2. The fraction of sp³-hybridized carbons (Fsp3) is 0.444. The summed E-state index contributed by atoms with van der Waals surface area (Å²) in [7, 11) is 0. The third kappa shape index (κ3) is 5.27. The largest absolute Gasteiger partial charge is 0.476 e. The minimum atomic E-state index is -0.454. The van der Waals surface area contributed by atoms with Crippen LogP contribution < -0.4 is 10.1 Å². The van der Waals surface area contributed by atoms with Crippen molar-refractivity contribution in [2.24, 2.45) is 5.92 Å². The molecule has 2 aliphatic rings. The smallest absolute Gasteiger partial charge is 0.272 e. The lowest BCUT2D eigenvalue weighted by molar-refractivity contribution is 0.0906. The van der Waals surface area contributed by atoms with Gasteiger partial charge in [0.25, 0.3) is 5.91 Å². The first kappa shape index (κ1) is 21.7. The maximum absolute atomic E-state index is 13.1. The van der Waals surface area contributed by atoms with Gasteiger partial charge < -0.3 is 15.0 Å². The molecule has 2 N–H and O–H groups in total. The molecule has 33 heavy (non-hydrogen) atoms. The van der Waals surface area contributed by atoms with Gasteiger partial charge in [0, 0.05) is 22.8 Å². The molecule has 2 aliphatic carbocycles. The number of carbonyl (C=O) groups excluding carboxylic acids is 1. The third-order valence-electron chi connectivity index (χ3n) is 6.41. The molecule has 6 nitrogen and oxygen atoms in total. The summed E-state index contributed by atoms with van der Waals surface area (Å²) in [5.41, 5.74) is 5.30. The summed E-state index contributed by atoms with van der Waals surface area (Å²) in [6.45, 7) is 6.82. The number of hydrogen-bond acceptors (Lipinski definition) is 4. The summed E-state index contributed by atoms with van der Waals surface area (Å²) in [5, 5.41) is 3.16. The highest BCUT2D eigenvalue weighted by Crippen LogP contribution is 2.43. The molecule has 2 heterocycles. The second-order valence-corrected chi connectivity index (χ2v) is 10.2. The maximum Gasteiger partial charge on any atom is 0.272 e. The van der Waals surface area contributed by atoms with E-state index in [1.807, 2.05) is 32.0 Å². The van der Waals surface area contributed by atoms with Crippen molar-refractivity contribution in [3.05, 3.63) is 65.2 Å². The van der Waals surface area contributed by atoms with Gasteiger partial charge in [-0.2, -0.15) is 0 Å². The van der Waals surface area contributed by atoms with Crippen LogP contribution in [0.15, 0.2) is 42.6 Å². The van der Waals surface area contributed by atoms with Crippen molar-refractivity contribution in [3.63, 3.8) is 0 Å². The van der Waals surface area contributed by atoms with Crippen molar-refractivity contribution in [1.29, 1.82) is 0 Å². The predicted molar refractivity (Wildman–Crippen MR) is 128 cm³/mol. The third-order valence-corrected chi connectivity index (χ3v) is 6.41. The monoisotopic (exact) mass is 444 g/mol. The van der Waals surface area contributed by atoms with Crippen molar-refractivity contribution in [3.8, 4) is 17.1 Å². The molecule has 0 unspecified atom stereocenters. The summed E-state index contributed by atoms with van der Waals surface area (Å²) in [6.07, 6.45) is 6.96. The Hall–Kier alpha value is -3.15. The normalized spacial score (nSPS) is 16.0. The Morgan fingerprint density at radius 3 is 2.64 bits per heavy atom. The number of hydrogen-bond donors (Lipinski definition) is 2. The zero-order valence-electron chi connectivity index (χ0n) is 19.6. The van der Waals surface area contributed by atoms with Crippen LogP contribution in [0.1, 0.15) is 72.9 Å². The van der Waals surface area contributed by atoms with E-state index in [-0.39, 0.29) is 5.91 Å². The zero-order chi connectivity index (χ0) is 23.0. The van der Waals surface area contributed by atoms with E-state index >= 15 is 0 Å². The average molecular weight is 445 g/mol. The molecular formula is C27H32N4O2. The van der Waals surface area contributed by atoms with Crippen LogP contribution in [-0.4, -0.2) is 33.0 Å². The number of nitrogens with zero attached hydrogens (tertiary/aromatic N) is 2. The van der Waals surface area contributed by atoms with E-state index in [4.69, 9.17) is 4.74 Å². The molecule has 0 aliphatic heterocycles. The fourth-order valence-corrected chi connectivity index (χ4v) is 4.16. The van der Waals surface area contributed by atoms with Gasteiger partial charge in [-0.3, -0.25) is 9.78 Å². The topological polar surface area (TPSA) is 79.9 Å². The standard InChI is InChI=1S/C27H32N4O2/c1-17-21(13-22(29-17)19-7-5-4-6-8-19)14-27(2,3)31-25(32)23-15-28-24(20-11-12-20)26(30-23)33-16-18-9-10-18/h4-8,13,15,18,20,29H,9-12,14,16H2,1-3H3,(H,31,32). The summed E-state index contributed by atoms with van der Waals surface area (Å²) in [4.78, 5) is 25.7. The Bertz CT molecular complexity index is 1140. The first-order valence-corrected chi connectivity index (χ1v) is 11.9. The average Bonchev–Trinajstić information content (AvgIpc) is 3.72. The molecule has 2 saturated carbocycles. The number of benzene rings is 1. The zero-order valence-corrected chi connectivity index (χ0v) is 19.6. The first-order chi connectivity index (χ1) is 15.9. The van der Waals surface area contributed by atoms with Crippen LogP contribution in [0.3, 0.4) is 0 Å². The summed E-state index contributed by atoms with van der Waals surface area (Å²) >= 11 is 0. The molecule has 3 aromatic rings. The molecule has 0 radical (unpaired) electrons. The molecule has 0 spiro atoms. The van der Waals surface area contributed by atoms with Gasteiger partial charge in [-0.1, -0.05) is 30.3 Å². The summed E-state index contributed by atoms with van der Waals surface area (Å²) < 4.78 is 5.98. The van der Waals surface area contributed by atoms with E-state index in [1.165, 1.54) is 18.4 Å². The van der Waals surface area contributed by atoms with Crippen molar-refractivity contribution >= 4 is 5.91 Å². The van der Waals surface area contributed by atoms with Gasteiger partial charge in [0.1, 0.15) is 11.4 Å². The Kier molecular flexibility index (Phi) is 5.69. The van der Waals surface area contributed by atoms with Crippen LogP contribution in [-0.2, 0) is 6.42 Å². The Labute approximate surface area is 195 Å². The van der Waals surface area contributed by atoms with E-state index in [1.54, 1.807) is 6.20 Å². The van der Waals surface area contributed by atoms with E-state index in [9.17, 15) is 4.79 Å². The number of rotatable bonds is 9. The molecule has 2 aromatic heterocycles. The van der Waals surface area contributed by atoms with Gasteiger partial charge in [0.05, 0.1) is 12.8 Å². The molecule has 0 saturated heterocycles. The van der Waals surface area contributed by atoms with Crippen LogP contribution in [0, 0.1) is 12.8 Å². The number of amides is 1. The maximum atomic E-state index is 13.1. The molecule has 2 fully saturated rings. The van der Waals surface area contributed by atoms with Crippen LogP contribution >= 0.6 is 0 Å². The van der Waals surface area contributed by atoms with Gasteiger partial charge >= 0.3 is 0 Å². The molecule has 172 valence electrons. The number of carbonyl (C=O) groups is 1. The minimum absolute atomic E-state index is 0.220. The first-order valence-electron chi connectivity index (χ1n) is 11.9. The SMILES string of the molecule is Cc1[nH]c(-c2ccccc2)cc1CC(C)(C)NC(=O)c1cnc(C2CC2)c(OCC2CC2)n1. The number of aromatic amines is 1. The molecule has 6 heteroatoms. The highest BCUT2D eigenvalue weighted by Gasteiger charge is 2.32. The van der Waals surface area contributed by atoms with Crippen molar-refractivity contribution < 1.29 is 9.53 Å². The minimum Gasteiger partial charge on any atom is -0.476 e. The van der Waals surface area contributed by atoms with E-state index in [0.717, 1.165) is 35.5 Å². The van der Waals surface area contributed by atoms with Crippen molar-refractivity contribution in [2.45, 2.75) is 64.3 Å². The molecular weight excluding hydrogens is 412 g/mol. The highest BCUT2D eigenvalue weighted by atomic mass is 16.5. The van der Waals surface area contributed by atoms with Gasteiger partial charge in [-0.15, -0.1) is 0 Å². The highest BCUT2D eigenvalue weighted by molar-refractivity contribution is 5.92. The van der Waals surface area contributed by atoms with E-state index < -0.39 is 5.54 Å². The second kappa shape index (κ2) is 8.65. The number of ether oxygens (including phenoxy) is 1. The summed E-state index contributed by atoms with van der Waals surface area (Å²) in [6, 6.07) is 12.4. The van der Waals surface area contributed by atoms with Crippen LogP contribution in [0.5, 0.6) is 5.88 Å². The lowest BCUT2D eigenvalue weighted by Crippen LogP contribution is -2.45. The van der Waals surface area contributed by atoms with Gasteiger partial charge in [0.2, 0.25) is 5.88 Å². The van der Waals surface area contributed by atoms with Crippen molar-refractivity contribution in [2.75, 3.05) is 6.61 Å². The fourth-order valence-electron chi connectivity index (χ4n) is 4.16. The van der Waals surface area contributed by atoms with E-state index in [2.05, 4.69) is 45.4 Å².